The number of hydrogen-bond acceptors (Lipinski definition) is 16. The van der Waals surface area contributed by atoms with Gasteiger partial charge in [0.15, 0.2) is 46.3 Å². The highest BCUT2D eigenvalue weighted by Gasteiger charge is 2.31. The lowest BCUT2D eigenvalue weighted by atomic mass is 10.2. The average molecular weight is 1270 g/mol. The largest absolute Gasteiger partial charge is 0.508 e. The Hall–Kier alpha value is -7.10. The molecule has 16 nitrogen and oxygen atoms in total. The zero-order chi connectivity index (χ0) is 63.4. The Morgan fingerprint density at radius 3 is 0.744 bits per heavy atom. The molecule has 86 heavy (non-hydrogen) atoms. The van der Waals surface area contributed by atoms with Crippen LogP contribution in [0.1, 0.15) is 13.8 Å². The Labute approximate surface area is 516 Å². The first-order chi connectivity index (χ1) is 40.3. The van der Waals surface area contributed by atoms with Crippen molar-refractivity contribution in [2.75, 3.05) is 24.9 Å². The van der Waals surface area contributed by atoms with E-state index in [-0.39, 0.29) is 23.0 Å². The maximum atomic E-state index is 9.32. The number of rotatable bonds is 22. The van der Waals surface area contributed by atoms with Gasteiger partial charge < -0.3 is 39.4 Å². The fraction of sp³-hybridized carbons (Fsp3) is 0.375. The molecule has 460 valence electrons. The summed E-state index contributed by atoms with van der Waals surface area (Å²) in [5.74, 6) is 6.28. The van der Waals surface area contributed by atoms with Crippen molar-refractivity contribution >= 4 is 48.4 Å². The lowest BCUT2D eigenvalue weighted by molar-refractivity contribution is 0.373. The molecule has 0 spiro atoms. The molecule has 0 fully saturated rings. The van der Waals surface area contributed by atoms with Crippen LogP contribution in [0.4, 0.5) is 0 Å². The zero-order valence-corrected chi connectivity index (χ0v) is 59.5. The van der Waals surface area contributed by atoms with Crippen LogP contribution in [0.2, 0.25) is 115 Å². The van der Waals surface area contributed by atoms with E-state index in [0.717, 1.165) is 64.4 Å². The van der Waals surface area contributed by atoms with Crippen LogP contribution < -0.4 is 18.9 Å². The second-order valence-electron chi connectivity index (χ2n) is 27.2. The van der Waals surface area contributed by atoms with E-state index in [1.807, 2.05) is 48.5 Å². The second-order valence-corrected chi connectivity index (χ2v) is 60.1. The van der Waals surface area contributed by atoms with Crippen LogP contribution in [0.3, 0.4) is 0 Å². The number of aromatic hydroxyl groups is 4. The highest BCUT2D eigenvalue weighted by molar-refractivity contribution is 6.95. The molecule has 4 heterocycles. The van der Waals surface area contributed by atoms with Crippen LogP contribution >= 0.6 is 0 Å². The smallest absolute Gasteiger partial charge is 0.159 e. The van der Waals surface area contributed by atoms with Crippen molar-refractivity contribution in [1.29, 1.82) is 0 Å². The van der Waals surface area contributed by atoms with E-state index in [0.29, 0.717) is 29.0 Å². The maximum absolute atomic E-state index is 9.32. The van der Waals surface area contributed by atoms with E-state index in [4.69, 9.17) is 18.9 Å². The zero-order valence-electron chi connectivity index (χ0n) is 53.5. The van der Waals surface area contributed by atoms with Gasteiger partial charge in [0.2, 0.25) is 0 Å². The molecule has 4 aromatic heterocycles. The summed E-state index contributed by atoms with van der Waals surface area (Å²) in [5.41, 5.74) is 6.30. The number of hydrogen-bond donors (Lipinski definition) is 4. The highest BCUT2D eigenvalue weighted by Crippen LogP contribution is 2.27. The molecule has 0 aliphatic rings. The number of phenolic OH excluding ortho intramolecular Hbond substituents is 2. The summed E-state index contributed by atoms with van der Waals surface area (Å²) >= 11 is 0. The van der Waals surface area contributed by atoms with E-state index in [9.17, 15) is 20.4 Å². The van der Waals surface area contributed by atoms with Gasteiger partial charge in [-0.2, -0.15) is 0 Å². The molecule has 0 saturated carbocycles. The molecular weight excluding hydrogens is 1180 g/mol. The number of ether oxygens (including phenoxy) is 4. The normalized spacial score (nSPS) is 11.8. The van der Waals surface area contributed by atoms with Crippen molar-refractivity contribution in [1.82, 2.24) is 39.9 Å². The number of phenols is 2. The molecule has 0 saturated heterocycles. The molecule has 0 bridgehead atoms. The monoisotopic (exact) mass is 1270 g/mol. The highest BCUT2D eigenvalue weighted by atomic mass is 28.4. The molecule has 0 aliphatic carbocycles. The summed E-state index contributed by atoms with van der Waals surface area (Å²) in [4.78, 5) is 33.7. The standard InChI is InChI=1S/2C17H26N2O2Si2.2C15H20N2O2Si/c1-22(2,3)13-23(4,5)12-21-16-8-6-14(7-9-16)17-18-10-15(20)11-19-17;1-22(2,3)13-23(4,5)12-21-16-10-18-17(19-11-16)14-6-8-15(20)9-7-14;1-4-20(2,3)11-19-14-7-5-12(6-8-14)15-16-9-13(18)10-17-15;1-4-20(2,3)11-19-14-9-16-15(17-10-14)12-5-7-13(18)8-6-12/h2*6-11,20H,12-13H2,1-5H3;2*5-10,18H,4,11H2,1-3H3. The first-order valence-corrected chi connectivity index (χ1v) is 50.3. The Bertz CT molecular complexity index is 3040. The van der Waals surface area contributed by atoms with Crippen LogP contribution in [0.15, 0.2) is 147 Å². The first kappa shape index (κ1) is 69.7. The molecule has 0 atom stereocenters. The Morgan fingerprint density at radius 2 is 0.500 bits per heavy atom. The van der Waals surface area contributed by atoms with Gasteiger partial charge in [-0.1, -0.05) is 129 Å². The van der Waals surface area contributed by atoms with Crippen molar-refractivity contribution in [3.63, 3.8) is 0 Å². The third kappa shape index (κ3) is 25.9. The van der Waals surface area contributed by atoms with E-state index in [1.165, 1.54) is 48.2 Å². The Balaban J connectivity index is 0.000000210. The molecule has 4 aromatic carbocycles. The predicted octanol–water partition coefficient (Wildman–Crippen LogP) is 15.7. The van der Waals surface area contributed by atoms with Crippen molar-refractivity contribution in [2.45, 2.75) is 129 Å². The van der Waals surface area contributed by atoms with Gasteiger partial charge in [-0.3, -0.25) is 0 Å². The summed E-state index contributed by atoms with van der Waals surface area (Å²) in [7, 11) is -7.24. The second kappa shape index (κ2) is 31.5. The Kier molecular flexibility index (Phi) is 25.5. The first-order valence-electron chi connectivity index (χ1n) is 29.3. The van der Waals surface area contributed by atoms with Gasteiger partial charge in [-0.25, -0.2) is 39.9 Å². The fourth-order valence-electron chi connectivity index (χ4n) is 8.93. The van der Waals surface area contributed by atoms with Crippen molar-refractivity contribution in [2.24, 2.45) is 0 Å². The quantitative estimate of drug-likeness (QED) is 0.0463. The third-order valence-corrected chi connectivity index (χ3v) is 37.1. The summed E-state index contributed by atoms with van der Waals surface area (Å²) < 4.78 is 23.6. The molecule has 4 N–H and O–H groups in total. The predicted molar refractivity (Wildman–Crippen MR) is 366 cm³/mol. The molecule has 0 unspecified atom stereocenters. The minimum atomic E-state index is -1.35. The van der Waals surface area contributed by atoms with Gasteiger partial charge >= 0.3 is 0 Å². The van der Waals surface area contributed by atoms with Gasteiger partial charge in [0, 0.05) is 38.4 Å². The molecule has 8 rings (SSSR count). The van der Waals surface area contributed by atoms with Crippen LogP contribution in [-0.4, -0.2) is 134 Å². The van der Waals surface area contributed by atoms with Crippen LogP contribution in [0.5, 0.6) is 46.0 Å². The molecule has 0 aliphatic heterocycles. The number of aromatic nitrogens is 8. The lowest BCUT2D eigenvalue weighted by Gasteiger charge is -2.29. The molecule has 8 aromatic rings. The van der Waals surface area contributed by atoms with Crippen molar-refractivity contribution in [3.8, 4) is 91.5 Å². The Morgan fingerprint density at radius 1 is 0.279 bits per heavy atom. The van der Waals surface area contributed by atoms with E-state index in [2.05, 4.69) is 145 Å². The van der Waals surface area contributed by atoms with Crippen LogP contribution in [0.25, 0.3) is 45.6 Å². The van der Waals surface area contributed by atoms with Crippen LogP contribution in [-0.2, 0) is 0 Å². The van der Waals surface area contributed by atoms with Gasteiger partial charge in [0.1, 0.15) is 23.0 Å². The molecule has 22 heteroatoms. The van der Waals surface area contributed by atoms with Gasteiger partial charge in [0.25, 0.3) is 0 Å². The molecular formula is C64H92N8O8Si6. The molecule has 0 radical (unpaired) electrons. The topological polar surface area (TPSA) is 221 Å². The minimum Gasteiger partial charge on any atom is -0.508 e. The van der Waals surface area contributed by atoms with Gasteiger partial charge in [0.05, 0.1) is 107 Å². The van der Waals surface area contributed by atoms with E-state index < -0.39 is 48.4 Å². The summed E-state index contributed by atoms with van der Waals surface area (Å²) in [6, 6.07) is 31.7. The van der Waals surface area contributed by atoms with Crippen molar-refractivity contribution in [3.05, 3.63) is 147 Å². The number of nitrogens with zero attached hydrogens (tertiary/aromatic N) is 8. The summed E-state index contributed by atoms with van der Waals surface area (Å²) in [6.45, 7) is 37.8. The third-order valence-electron chi connectivity index (χ3n) is 13.5. The van der Waals surface area contributed by atoms with Gasteiger partial charge in [-0.15, -0.1) is 0 Å². The maximum Gasteiger partial charge on any atom is 0.159 e. The van der Waals surface area contributed by atoms with Crippen molar-refractivity contribution < 1.29 is 39.4 Å². The van der Waals surface area contributed by atoms with E-state index in [1.54, 1.807) is 73.3 Å². The lowest BCUT2D eigenvalue weighted by Crippen LogP contribution is -2.42. The SMILES string of the molecule is CC[Si](C)(C)COc1ccc(-c2ncc(O)cn2)cc1.CC[Si](C)(C)COc1cnc(-c2ccc(O)cc2)nc1.C[Si](C)(C)C[Si](C)(C)COc1ccc(-c2ncc(O)cn2)cc1.C[Si](C)(C)C[Si](C)(C)COc1cnc(-c2ccc(O)cc2)nc1. The van der Waals surface area contributed by atoms with E-state index >= 15 is 0 Å². The minimum absolute atomic E-state index is 0.0699. The van der Waals surface area contributed by atoms with Crippen LogP contribution in [0, 0.1) is 0 Å². The summed E-state index contributed by atoms with van der Waals surface area (Å²) in [6.07, 6.45) is 15.7. The fourth-order valence-corrected chi connectivity index (χ4v) is 35.4. The average Bonchev–Trinajstić information content (AvgIpc) is 3.39. The number of benzene rings is 4. The summed E-state index contributed by atoms with van der Waals surface area (Å²) in [5, 5.41) is 37.0. The van der Waals surface area contributed by atoms with Gasteiger partial charge in [-0.05, 0) is 97.1 Å². The molecule has 0 amide bonds.